The lowest BCUT2D eigenvalue weighted by molar-refractivity contribution is 1.32. The highest BCUT2D eigenvalue weighted by molar-refractivity contribution is 6.29. The molecule has 78 valence electrons. The average molecular weight is 229 g/mol. The van der Waals surface area contributed by atoms with Gasteiger partial charge in [-0.1, -0.05) is 29.8 Å². The number of fused-ring (bicyclic) bond motifs is 1. The predicted octanol–water partition coefficient (Wildman–Crippen LogP) is 3.88. The smallest absolute Gasteiger partial charge is 0.129 e. The average Bonchev–Trinajstić information content (AvgIpc) is 2.72. The van der Waals surface area contributed by atoms with Crippen LogP contribution >= 0.6 is 11.6 Å². The summed E-state index contributed by atoms with van der Waals surface area (Å²) in [5.74, 6) is 0. The standard InChI is InChI=1S/C13H9ClN2/c14-13-8-10(5-6-15-13)12-7-9-3-1-2-4-11(9)16-12/h1-8,16H. The highest BCUT2D eigenvalue weighted by Crippen LogP contribution is 2.24. The first-order valence-electron chi connectivity index (χ1n) is 5.02. The van der Waals surface area contributed by atoms with Crippen molar-refractivity contribution in [3.8, 4) is 11.3 Å². The van der Waals surface area contributed by atoms with Gasteiger partial charge in [-0.2, -0.15) is 0 Å². The summed E-state index contributed by atoms with van der Waals surface area (Å²) < 4.78 is 0. The van der Waals surface area contributed by atoms with Crippen molar-refractivity contribution < 1.29 is 0 Å². The molecule has 0 aliphatic carbocycles. The lowest BCUT2D eigenvalue weighted by atomic mass is 10.2. The fraction of sp³-hybridized carbons (Fsp3) is 0. The van der Waals surface area contributed by atoms with Crippen molar-refractivity contribution in [2.75, 3.05) is 0 Å². The van der Waals surface area contributed by atoms with Gasteiger partial charge < -0.3 is 4.98 Å². The summed E-state index contributed by atoms with van der Waals surface area (Å²) in [5.41, 5.74) is 3.24. The van der Waals surface area contributed by atoms with E-state index in [1.807, 2.05) is 24.3 Å². The van der Waals surface area contributed by atoms with Crippen LogP contribution in [0.2, 0.25) is 5.15 Å². The van der Waals surface area contributed by atoms with E-state index in [1.54, 1.807) is 6.20 Å². The Kier molecular flexibility index (Phi) is 2.15. The Morgan fingerprint density at radius 3 is 2.75 bits per heavy atom. The van der Waals surface area contributed by atoms with Crippen LogP contribution in [0.15, 0.2) is 48.7 Å². The molecular formula is C13H9ClN2. The molecule has 0 bridgehead atoms. The molecule has 2 heterocycles. The van der Waals surface area contributed by atoms with Crippen LogP contribution in [0.1, 0.15) is 0 Å². The van der Waals surface area contributed by atoms with Gasteiger partial charge in [-0.25, -0.2) is 4.98 Å². The summed E-state index contributed by atoms with van der Waals surface area (Å²) in [6, 6.07) is 14.1. The number of benzene rings is 1. The molecule has 0 unspecified atom stereocenters. The number of rotatable bonds is 1. The van der Waals surface area contributed by atoms with E-state index < -0.39 is 0 Å². The maximum absolute atomic E-state index is 5.87. The molecule has 3 aromatic rings. The molecule has 0 aliphatic heterocycles. The molecule has 3 heteroatoms. The van der Waals surface area contributed by atoms with E-state index in [2.05, 4.69) is 28.2 Å². The summed E-state index contributed by atoms with van der Waals surface area (Å²) in [5, 5.41) is 1.71. The Hall–Kier alpha value is -1.80. The highest BCUT2D eigenvalue weighted by atomic mass is 35.5. The largest absolute Gasteiger partial charge is 0.355 e. The molecule has 0 saturated heterocycles. The third-order valence-corrected chi connectivity index (χ3v) is 2.77. The fourth-order valence-electron chi connectivity index (χ4n) is 1.80. The summed E-state index contributed by atoms with van der Waals surface area (Å²) in [6.45, 7) is 0. The van der Waals surface area contributed by atoms with E-state index in [0.717, 1.165) is 16.8 Å². The van der Waals surface area contributed by atoms with Crippen molar-refractivity contribution in [1.82, 2.24) is 9.97 Å². The number of aromatic amines is 1. The second kappa shape index (κ2) is 3.65. The maximum atomic E-state index is 5.87. The molecule has 0 spiro atoms. The Bertz CT molecular complexity index is 610. The first-order chi connectivity index (χ1) is 7.83. The van der Waals surface area contributed by atoms with Crippen LogP contribution in [0.25, 0.3) is 22.2 Å². The molecule has 0 atom stereocenters. The molecule has 2 nitrogen and oxygen atoms in total. The molecule has 2 aromatic heterocycles. The number of nitrogens with one attached hydrogen (secondary N) is 1. The second-order valence-corrected chi connectivity index (χ2v) is 4.02. The number of halogens is 1. The van der Waals surface area contributed by atoms with Crippen molar-refractivity contribution in [2.24, 2.45) is 0 Å². The minimum atomic E-state index is 0.510. The lowest BCUT2D eigenvalue weighted by Gasteiger charge is -1.96. The monoisotopic (exact) mass is 228 g/mol. The quantitative estimate of drug-likeness (QED) is 0.629. The first kappa shape index (κ1) is 9.43. The Morgan fingerprint density at radius 2 is 1.94 bits per heavy atom. The summed E-state index contributed by atoms with van der Waals surface area (Å²) in [4.78, 5) is 7.32. The number of hydrogen-bond donors (Lipinski definition) is 1. The number of nitrogens with zero attached hydrogens (tertiary/aromatic N) is 1. The van der Waals surface area contributed by atoms with Gasteiger partial charge in [0.15, 0.2) is 0 Å². The molecule has 0 fully saturated rings. The SMILES string of the molecule is Clc1cc(-c2cc3ccccc3[nH]2)ccn1. The first-order valence-corrected chi connectivity index (χ1v) is 5.40. The zero-order valence-electron chi connectivity index (χ0n) is 8.44. The summed E-state index contributed by atoms with van der Waals surface area (Å²) in [6.07, 6.45) is 1.71. The minimum absolute atomic E-state index is 0.510. The molecule has 0 saturated carbocycles. The van der Waals surface area contributed by atoms with Crippen molar-refractivity contribution >= 4 is 22.5 Å². The van der Waals surface area contributed by atoms with E-state index in [1.165, 1.54) is 5.39 Å². The number of pyridine rings is 1. The number of para-hydroxylation sites is 1. The molecule has 0 radical (unpaired) electrons. The van der Waals surface area contributed by atoms with Gasteiger partial charge in [0.2, 0.25) is 0 Å². The molecule has 1 N–H and O–H groups in total. The van der Waals surface area contributed by atoms with E-state index in [9.17, 15) is 0 Å². The molecule has 0 amide bonds. The topological polar surface area (TPSA) is 28.7 Å². The number of hydrogen-bond acceptors (Lipinski definition) is 1. The predicted molar refractivity (Wildman–Crippen MR) is 66.5 cm³/mol. The van der Waals surface area contributed by atoms with Crippen LogP contribution < -0.4 is 0 Å². The van der Waals surface area contributed by atoms with E-state index in [0.29, 0.717) is 5.15 Å². The molecule has 3 rings (SSSR count). The van der Waals surface area contributed by atoms with Crippen LogP contribution in [0.5, 0.6) is 0 Å². The van der Waals surface area contributed by atoms with E-state index in [4.69, 9.17) is 11.6 Å². The second-order valence-electron chi connectivity index (χ2n) is 3.64. The van der Waals surface area contributed by atoms with Gasteiger partial charge in [-0.3, -0.25) is 0 Å². The summed E-state index contributed by atoms with van der Waals surface area (Å²) in [7, 11) is 0. The van der Waals surface area contributed by atoms with Gasteiger partial charge >= 0.3 is 0 Å². The molecule has 16 heavy (non-hydrogen) atoms. The van der Waals surface area contributed by atoms with Crippen LogP contribution in [-0.4, -0.2) is 9.97 Å². The van der Waals surface area contributed by atoms with E-state index >= 15 is 0 Å². The van der Waals surface area contributed by atoms with Crippen LogP contribution in [-0.2, 0) is 0 Å². The van der Waals surface area contributed by atoms with Crippen LogP contribution in [0.4, 0.5) is 0 Å². The van der Waals surface area contributed by atoms with Crippen molar-refractivity contribution in [3.63, 3.8) is 0 Å². The zero-order valence-corrected chi connectivity index (χ0v) is 9.20. The summed E-state index contributed by atoms with van der Waals surface area (Å²) >= 11 is 5.87. The molecule has 0 aliphatic rings. The normalized spacial score (nSPS) is 10.8. The zero-order chi connectivity index (χ0) is 11.0. The van der Waals surface area contributed by atoms with Crippen molar-refractivity contribution in [3.05, 3.63) is 53.8 Å². The van der Waals surface area contributed by atoms with E-state index in [-0.39, 0.29) is 0 Å². The van der Waals surface area contributed by atoms with Crippen LogP contribution in [0.3, 0.4) is 0 Å². The third kappa shape index (κ3) is 1.57. The van der Waals surface area contributed by atoms with Gasteiger partial charge in [0.1, 0.15) is 5.15 Å². The third-order valence-electron chi connectivity index (χ3n) is 2.57. The van der Waals surface area contributed by atoms with Gasteiger partial charge in [0, 0.05) is 28.4 Å². The molecular weight excluding hydrogens is 220 g/mol. The highest BCUT2D eigenvalue weighted by Gasteiger charge is 2.03. The number of H-pyrrole nitrogens is 1. The van der Waals surface area contributed by atoms with Gasteiger partial charge in [-0.05, 0) is 24.3 Å². The molecule has 1 aromatic carbocycles. The lowest BCUT2D eigenvalue weighted by Crippen LogP contribution is -1.79. The van der Waals surface area contributed by atoms with Gasteiger partial charge in [0.05, 0.1) is 0 Å². The van der Waals surface area contributed by atoms with Gasteiger partial charge in [0.25, 0.3) is 0 Å². The minimum Gasteiger partial charge on any atom is -0.355 e. The Morgan fingerprint density at radius 1 is 1.06 bits per heavy atom. The fourth-order valence-corrected chi connectivity index (χ4v) is 1.97. The Labute approximate surface area is 97.9 Å². The Balaban J connectivity index is 2.19. The van der Waals surface area contributed by atoms with Crippen molar-refractivity contribution in [1.29, 1.82) is 0 Å². The van der Waals surface area contributed by atoms with Gasteiger partial charge in [-0.15, -0.1) is 0 Å². The van der Waals surface area contributed by atoms with Crippen LogP contribution in [0, 0.1) is 0 Å². The van der Waals surface area contributed by atoms with Crippen molar-refractivity contribution in [2.45, 2.75) is 0 Å². The number of aromatic nitrogens is 2. The maximum Gasteiger partial charge on any atom is 0.129 e.